The van der Waals surface area contributed by atoms with Crippen molar-refractivity contribution in [3.8, 4) is 5.69 Å². The number of hydrogen-bond acceptors (Lipinski definition) is 7. The van der Waals surface area contributed by atoms with Crippen molar-refractivity contribution in [1.82, 2.24) is 29.1 Å². The summed E-state index contributed by atoms with van der Waals surface area (Å²) >= 11 is 2.78. The molecular weight excluding hydrogens is 468 g/mol. The van der Waals surface area contributed by atoms with Crippen LogP contribution in [0.2, 0.25) is 0 Å². The Morgan fingerprint density at radius 2 is 1.88 bits per heavy atom. The third-order valence-electron chi connectivity index (χ3n) is 5.91. The quantitative estimate of drug-likeness (QED) is 0.374. The SMILES string of the molecule is Cc1cccc(-n2c(=O)c3ccccc3n3c(SCc4nc5ccsc5c(=O)[nH]4)nnc23)c1C. The fourth-order valence-electron chi connectivity index (χ4n) is 4.09. The van der Waals surface area contributed by atoms with Gasteiger partial charge in [-0.2, -0.15) is 0 Å². The smallest absolute Gasteiger partial charge is 0.268 e. The molecule has 34 heavy (non-hydrogen) atoms. The third-order valence-corrected chi connectivity index (χ3v) is 7.76. The van der Waals surface area contributed by atoms with Gasteiger partial charge in [0.15, 0.2) is 5.16 Å². The van der Waals surface area contributed by atoms with Gasteiger partial charge in [0.2, 0.25) is 5.78 Å². The van der Waals surface area contributed by atoms with Gasteiger partial charge in [0.25, 0.3) is 11.1 Å². The second-order valence-electron chi connectivity index (χ2n) is 7.93. The second-order valence-corrected chi connectivity index (χ2v) is 9.79. The van der Waals surface area contributed by atoms with Crippen LogP contribution < -0.4 is 11.1 Å². The van der Waals surface area contributed by atoms with Crippen molar-refractivity contribution in [2.75, 3.05) is 0 Å². The van der Waals surface area contributed by atoms with E-state index in [9.17, 15) is 9.59 Å². The first-order chi connectivity index (χ1) is 16.5. The van der Waals surface area contributed by atoms with Gasteiger partial charge in [-0.25, -0.2) is 9.55 Å². The molecule has 0 bridgehead atoms. The molecule has 10 heteroatoms. The third kappa shape index (κ3) is 3.17. The maximum atomic E-state index is 13.6. The molecule has 8 nitrogen and oxygen atoms in total. The van der Waals surface area contributed by atoms with Crippen molar-refractivity contribution < 1.29 is 0 Å². The minimum atomic E-state index is -0.144. The highest BCUT2D eigenvalue weighted by atomic mass is 32.2. The highest BCUT2D eigenvalue weighted by Crippen LogP contribution is 2.26. The van der Waals surface area contributed by atoms with Gasteiger partial charge in [-0.3, -0.25) is 14.0 Å². The first-order valence-electron chi connectivity index (χ1n) is 10.6. The molecule has 1 N–H and O–H groups in total. The van der Waals surface area contributed by atoms with Crippen LogP contribution in [0.4, 0.5) is 0 Å². The summed E-state index contributed by atoms with van der Waals surface area (Å²) in [4.78, 5) is 33.3. The van der Waals surface area contributed by atoms with E-state index in [0.717, 1.165) is 22.3 Å². The van der Waals surface area contributed by atoms with Crippen LogP contribution in [-0.4, -0.2) is 29.1 Å². The summed E-state index contributed by atoms with van der Waals surface area (Å²) < 4.78 is 4.13. The lowest BCUT2D eigenvalue weighted by Gasteiger charge is -2.14. The van der Waals surface area contributed by atoms with Gasteiger partial charge in [0.05, 0.1) is 27.9 Å². The molecule has 0 aliphatic rings. The Morgan fingerprint density at radius 3 is 2.76 bits per heavy atom. The molecule has 0 spiro atoms. The van der Waals surface area contributed by atoms with E-state index in [2.05, 4.69) is 20.2 Å². The molecule has 6 aromatic rings. The Bertz CT molecular complexity index is 1850. The number of nitrogens with zero attached hydrogens (tertiary/aromatic N) is 5. The summed E-state index contributed by atoms with van der Waals surface area (Å²) in [5.74, 6) is 1.40. The van der Waals surface area contributed by atoms with E-state index in [1.807, 2.05) is 72.2 Å². The van der Waals surface area contributed by atoms with Gasteiger partial charge in [-0.05, 0) is 54.6 Å². The maximum Gasteiger partial charge on any atom is 0.268 e. The van der Waals surface area contributed by atoms with E-state index in [-0.39, 0.29) is 11.1 Å². The van der Waals surface area contributed by atoms with E-state index in [1.54, 1.807) is 4.57 Å². The zero-order valence-electron chi connectivity index (χ0n) is 18.3. The minimum absolute atomic E-state index is 0.143. The predicted molar refractivity (Wildman–Crippen MR) is 135 cm³/mol. The lowest BCUT2D eigenvalue weighted by Crippen LogP contribution is -2.22. The summed E-state index contributed by atoms with van der Waals surface area (Å²) in [7, 11) is 0. The van der Waals surface area contributed by atoms with E-state index in [4.69, 9.17) is 0 Å². The predicted octanol–water partition coefficient (Wildman–Crippen LogP) is 4.24. The molecule has 0 amide bonds. The molecule has 0 saturated carbocycles. The fraction of sp³-hybridized carbons (Fsp3) is 0.125. The Hall–Kier alpha value is -3.76. The van der Waals surface area contributed by atoms with Crippen LogP contribution in [0.3, 0.4) is 0 Å². The number of para-hydroxylation sites is 1. The molecule has 168 valence electrons. The minimum Gasteiger partial charge on any atom is -0.309 e. The zero-order chi connectivity index (χ0) is 23.4. The standard InChI is InChI=1S/C24H18N6O2S2/c1-13-6-5-9-17(14(13)2)29-22(32)15-7-3-4-8-18(15)30-23(29)27-28-24(30)34-12-19-25-16-10-11-33-20(16)21(31)26-19/h3-11H,12H2,1-2H3,(H,25,26,31). The van der Waals surface area contributed by atoms with Crippen LogP contribution in [0, 0.1) is 13.8 Å². The van der Waals surface area contributed by atoms with Gasteiger partial charge >= 0.3 is 0 Å². The molecule has 0 radical (unpaired) electrons. The maximum absolute atomic E-state index is 13.6. The molecule has 0 aliphatic heterocycles. The first kappa shape index (κ1) is 20.8. The number of aromatic nitrogens is 6. The van der Waals surface area contributed by atoms with E-state index in [1.165, 1.54) is 23.1 Å². The van der Waals surface area contributed by atoms with Crippen molar-refractivity contribution in [1.29, 1.82) is 0 Å². The van der Waals surface area contributed by atoms with Gasteiger partial charge in [-0.15, -0.1) is 21.5 Å². The fourth-order valence-corrected chi connectivity index (χ4v) is 5.63. The number of rotatable bonds is 4. The number of fused-ring (bicyclic) bond motifs is 4. The van der Waals surface area contributed by atoms with Crippen LogP contribution in [0.25, 0.3) is 32.6 Å². The number of aryl methyl sites for hydroxylation is 1. The number of hydrogen-bond donors (Lipinski definition) is 1. The van der Waals surface area contributed by atoms with Gasteiger partial charge < -0.3 is 4.98 Å². The largest absolute Gasteiger partial charge is 0.309 e. The topological polar surface area (TPSA) is 97.9 Å². The van der Waals surface area contributed by atoms with Crippen LogP contribution in [0.5, 0.6) is 0 Å². The molecule has 4 aromatic heterocycles. The summed E-state index contributed by atoms with van der Waals surface area (Å²) in [6.07, 6.45) is 0. The molecule has 4 heterocycles. The molecule has 6 rings (SSSR count). The van der Waals surface area contributed by atoms with Gasteiger partial charge in [0.1, 0.15) is 10.5 Å². The summed E-state index contributed by atoms with van der Waals surface area (Å²) in [6, 6.07) is 15.2. The average molecular weight is 487 g/mol. The molecule has 2 aromatic carbocycles. The molecule has 0 saturated heterocycles. The lowest BCUT2D eigenvalue weighted by atomic mass is 10.1. The summed E-state index contributed by atoms with van der Waals surface area (Å²) in [5.41, 5.74) is 3.99. The number of thioether (sulfide) groups is 1. The van der Waals surface area contributed by atoms with Crippen molar-refractivity contribution in [3.05, 3.63) is 91.6 Å². The van der Waals surface area contributed by atoms with E-state index in [0.29, 0.717) is 38.1 Å². The molecule has 0 atom stereocenters. The zero-order valence-corrected chi connectivity index (χ0v) is 19.9. The number of nitrogens with one attached hydrogen (secondary N) is 1. The summed E-state index contributed by atoms with van der Waals surface area (Å²) in [5, 5.41) is 11.9. The van der Waals surface area contributed by atoms with Crippen LogP contribution in [0.1, 0.15) is 17.0 Å². The number of benzene rings is 2. The van der Waals surface area contributed by atoms with E-state index < -0.39 is 0 Å². The number of H-pyrrole nitrogens is 1. The highest BCUT2D eigenvalue weighted by molar-refractivity contribution is 7.98. The first-order valence-corrected chi connectivity index (χ1v) is 12.4. The van der Waals surface area contributed by atoms with Crippen molar-refractivity contribution in [2.45, 2.75) is 24.8 Å². The lowest BCUT2D eigenvalue weighted by molar-refractivity contribution is 0.924. The van der Waals surface area contributed by atoms with Crippen LogP contribution >= 0.6 is 23.1 Å². The summed E-state index contributed by atoms with van der Waals surface area (Å²) in [6.45, 7) is 4.02. The number of thiophene rings is 1. The molecular formula is C24H18N6O2S2. The number of aromatic amines is 1. The molecule has 0 unspecified atom stereocenters. The molecule has 0 fully saturated rings. The molecule has 0 aliphatic carbocycles. The monoisotopic (exact) mass is 486 g/mol. The Balaban J connectivity index is 1.54. The Kier molecular flexibility index (Phi) is 4.85. The van der Waals surface area contributed by atoms with Gasteiger partial charge in [-0.1, -0.05) is 36.0 Å². The van der Waals surface area contributed by atoms with Crippen LogP contribution in [-0.2, 0) is 5.75 Å². The van der Waals surface area contributed by atoms with Gasteiger partial charge in [0, 0.05) is 0 Å². The van der Waals surface area contributed by atoms with Crippen molar-refractivity contribution in [2.24, 2.45) is 0 Å². The Labute approximate surface area is 200 Å². The second kappa shape index (κ2) is 7.93. The average Bonchev–Trinajstić information content (AvgIpc) is 3.48. The Morgan fingerprint density at radius 1 is 1.03 bits per heavy atom. The van der Waals surface area contributed by atoms with Crippen molar-refractivity contribution >= 4 is 50.0 Å². The normalized spacial score (nSPS) is 11.7. The van der Waals surface area contributed by atoms with Crippen molar-refractivity contribution in [3.63, 3.8) is 0 Å². The van der Waals surface area contributed by atoms with Crippen LogP contribution in [0.15, 0.2) is 68.7 Å². The highest BCUT2D eigenvalue weighted by Gasteiger charge is 2.19. The van der Waals surface area contributed by atoms with E-state index >= 15 is 0 Å².